The molecule has 0 amide bonds. The Morgan fingerprint density at radius 1 is 1.36 bits per heavy atom. The second-order valence-corrected chi connectivity index (χ2v) is 5.25. The maximum absolute atomic E-state index is 3.67. The Hall–Kier alpha value is -0.0800. The third-order valence-electron chi connectivity index (χ3n) is 3.62. The van der Waals surface area contributed by atoms with E-state index < -0.39 is 0 Å². The van der Waals surface area contributed by atoms with Gasteiger partial charge in [-0.25, -0.2) is 0 Å². The van der Waals surface area contributed by atoms with E-state index >= 15 is 0 Å². The predicted octanol–water partition coefficient (Wildman–Crippen LogP) is 2.25. The predicted molar refractivity (Wildman–Crippen MR) is 62.6 cm³/mol. The number of likely N-dealkylation sites (tertiary alicyclic amines) is 1. The van der Waals surface area contributed by atoms with Gasteiger partial charge in [0, 0.05) is 18.1 Å². The first-order chi connectivity index (χ1) is 6.55. The Balaban J connectivity index is 2.29. The fourth-order valence-electron chi connectivity index (χ4n) is 1.92. The van der Waals surface area contributed by atoms with Gasteiger partial charge in [0.05, 0.1) is 0 Å². The molecular formula is C12H26N2. The molecule has 1 aliphatic rings. The van der Waals surface area contributed by atoms with E-state index in [1.165, 1.54) is 32.2 Å². The number of hydrogen-bond acceptors (Lipinski definition) is 2. The molecule has 84 valence electrons. The molecule has 0 saturated carbocycles. The van der Waals surface area contributed by atoms with Crippen LogP contribution in [0.3, 0.4) is 0 Å². The van der Waals surface area contributed by atoms with E-state index in [1.54, 1.807) is 0 Å². The number of nitrogens with one attached hydrogen (secondary N) is 1. The summed E-state index contributed by atoms with van der Waals surface area (Å²) in [4.78, 5) is 2.50. The molecule has 0 aromatic carbocycles. The van der Waals surface area contributed by atoms with E-state index in [-0.39, 0.29) is 0 Å². The summed E-state index contributed by atoms with van der Waals surface area (Å²) in [5.74, 6) is 0. The lowest BCUT2D eigenvalue weighted by Gasteiger charge is -2.35. The van der Waals surface area contributed by atoms with Crippen LogP contribution in [0.4, 0.5) is 0 Å². The van der Waals surface area contributed by atoms with Gasteiger partial charge in [-0.1, -0.05) is 13.3 Å². The lowest BCUT2D eigenvalue weighted by Crippen LogP contribution is -2.49. The molecule has 0 aromatic heterocycles. The SMILES string of the molecule is CCC(C)(C)NCC1CCCCN1C. The van der Waals surface area contributed by atoms with Gasteiger partial charge in [0.25, 0.3) is 0 Å². The Morgan fingerprint density at radius 3 is 2.64 bits per heavy atom. The van der Waals surface area contributed by atoms with Crippen LogP contribution < -0.4 is 5.32 Å². The summed E-state index contributed by atoms with van der Waals surface area (Å²) in [7, 11) is 2.25. The van der Waals surface area contributed by atoms with E-state index in [4.69, 9.17) is 0 Å². The van der Waals surface area contributed by atoms with E-state index in [1.807, 2.05) is 0 Å². The zero-order chi connectivity index (χ0) is 10.6. The summed E-state index contributed by atoms with van der Waals surface area (Å²) in [6.07, 6.45) is 5.35. The second-order valence-electron chi connectivity index (χ2n) is 5.25. The number of likely N-dealkylation sites (N-methyl/N-ethyl adjacent to an activating group) is 1. The average Bonchev–Trinajstić information content (AvgIpc) is 2.17. The number of hydrogen-bond donors (Lipinski definition) is 1. The Kier molecular flexibility index (Phi) is 4.39. The molecule has 0 aliphatic carbocycles. The molecule has 1 saturated heterocycles. The van der Waals surface area contributed by atoms with Crippen molar-refractivity contribution in [2.75, 3.05) is 20.1 Å². The topological polar surface area (TPSA) is 15.3 Å². The first-order valence-electron chi connectivity index (χ1n) is 6.00. The highest BCUT2D eigenvalue weighted by Crippen LogP contribution is 2.15. The highest BCUT2D eigenvalue weighted by atomic mass is 15.2. The second kappa shape index (κ2) is 5.13. The molecule has 1 rings (SSSR count). The van der Waals surface area contributed by atoms with Crippen molar-refractivity contribution in [2.24, 2.45) is 0 Å². The van der Waals surface area contributed by atoms with E-state index in [0.717, 1.165) is 12.6 Å². The third kappa shape index (κ3) is 3.58. The molecule has 0 radical (unpaired) electrons. The number of rotatable bonds is 4. The molecule has 0 aromatic rings. The fourth-order valence-corrected chi connectivity index (χ4v) is 1.92. The molecule has 14 heavy (non-hydrogen) atoms. The van der Waals surface area contributed by atoms with Crippen LogP contribution in [0.15, 0.2) is 0 Å². The van der Waals surface area contributed by atoms with Crippen molar-refractivity contribution in [3.63, 3.8) is 0 Å². The van der Waals surface area contributed by atoms with Crippen molar-refractivity contribution in [3.05, 3.63) is 0 Å². The lowest BCUT2D eigenvalue weighted by atomic mass is 9.99. The number of nitrogens with zero attached hydrogens (tertiary/aromatic N) is 1. The molecule has 1 fully saturated rings. The molecule has 2 heteroatoms. The Bertz CT molecular complexity index is 166. The van der Waals surface area contributed by atoms with Gasteiger partial charge in [-0.2, -0.15) is 0 Å². The maximum atomic E-state index is 3.67. The van der Waals surface area contributed by atoms with Crippen LogP contribution in [0.2, 0.25) is 0 Å². The highest BCUT2D eigenvalue weighted by molar-refractivity contribution is 4.82. The molecule has 1 unspecified atom stereocenters. The van der Waals surface area contributed by atoms with Crippen LogP contribution in [0.1, 0.15) is 46.5 Å². The van der Waals surface area contributed by atoms with Crippen LogP contribution >= 0.6 is 0 Å². The van der Waals surface area contributed by atoms with Gasteiger partial charge in [0.15, 0.2) is 0 Å². The van der Waals surface area contributed by atoms with Crippen molar-refractivity contribution in [1.82, 2.24) is 10.2 Å². The van der Waals surface area contributed by atoms with Crippen molar-refractivity contribution < 1.29 is 0 Å². The summed E-state index contributed by atoms with van der Waals surface area (Å²) >= 11 is 0. The van der Waals surface area contributed by atoms with E-state index in [2.05, 4.69) is 38.0 Å². The number of piperidine rings is 1. The van der Waals surface area contributed by atoms with E-state index in [0.29, 0.717) is 5.54 Å². The van der Waals surface area contributed by atoms with Crippen LogP contribution in [0, 0.1) is 0 Å². The van der Waals surface area contributed by atoms with Crippen LogP contribution in [0.25, 0.3) is 0 Å². The summed E-state index contributed by atoms with van der Waals surface area (Å²) < 4.78 is 0. The largest absolute Gasteiger partial charge is 0.310 e. The fraction of sp³-hybridized carbons (Fsp3) is 1.00. The van der Waals surface area contributed by atoms with Crippen LogP contribution in [-0.4, -0.2) is 36.6 Å². The minimum atomic E-state index is 0.304. The molecule has 1 atom stereocenters. The van der Waals surface area contributed by atoms with Crippen LogP contribution in [0.5, 0.6) is 0 Å². The summed E-state index contributed by atoms with van der Waals surface area (Å²) in [6.45, 7) is 9.25. The highest BCUT2D eigenvalue weighted by Gasteiger charge is 2.21. The van der Waals surface area contributed by atoms with Crippen molar-refractivity contribution >= 4 is 0 Å². The summed E-state index contributed by atoms with van der Waals surface area (Å²) in [6, 6.07) is 0.759. The van der Waals surface area contributed by atoms with Gasteiger partial charge < -0.3 is 10.2 Å². The van der Waals surface area contributed by atoms with Gasteiger partial charge in [-0.05, 0) is 46.7 Å². The van der Waals surface area contributed by atoms with Gasteiger partial charge in [0.2, 0.25) is 0 Å². The van der Waals surface area contributed by atoms with Gasteiger partial charge >= 0.3 is 0 Å². The molecule has 2 nitrogen and oxygen atoms in total. The summed E-state index contributed by atoms with van der Waals surface area (Å²) in [5.41, 5.74) is 0.304. The molecule has 1 heterocycles. The van der Waals surface area contributed by atoms with Gasteiger partial charge in [-0.3, -0.25) is 0 Å². The first kappa shape index (κ1) is 12.0. The van der Waals surface area contributed by atoms with Crippen molar-refractivity contribution in [1.29, 1.82) is 0 Å². The third-order valence-corrected chi connectivity index (χ3v) is 3.62. The van der Waals surface area contributed by atoms with Crippen molar-refractivity contribution in [2.45, 2.75) is 58.0 Å². The quantitative estimate of drug-likeness (QED) is 0.745. The normalized spacial score (nSPS) is 25.3. The standard InChI is InChI=1S/C12H26N2/c1-5-12(2,3)13-10-11-8-6-7-9-14(11)4/h11,13H,5-10H2,1-4H3. The van der Waals surface area contributed by atoms with Crippen molar-refractivity contribution in [3.8, 4) is 0 Å². The monoisotopic (exact) mass is 198 g/mol. The molecule has 1 aliphatic heterocycles. The zero-order valence-corrected chi connectivity index (χ0v) is 10.3. The Labute approximate surface area is 89.1 Å². The molecule has 0 spiro atoms. The lowest BCUT2D eigenvalue weighted by molar-refractivity contribution is 0.169. The minimum absolute atomic E-state index is 0.304. The van der Waals surface area contributed by atoms with Gasteiger partial charge in [-0.15, -0.1) is 0 Å². The van der Waals surface area contributed by atoms with E-state index in [9.17, 15) is 0 Å². The Morgan fingerprint density at radius 2 is 2.07 bits per heavy atom. The maximum Gasteiger partial charge on any atom is 0.0217 e. The average molecular weight is 198 g/mol. The molecule has 0 bridgehead atoms. The zero-order valence-electron chi connectivity index (χ0n) is 10.3. The van der Waals surface area contributed by atoms with Gasteiger partial charge in [0.1, 0.15) is 0 Å². The molecule has 1 N–H and O–H groups in total. The smallest absolute Gasteiger partial charge is 0.0217 e. The molecular weight excluding hydrogens is 172 g/mol. The summed E-state index contributed by atoms with van der Waals surface area (Å²) in [5, 5.41) is 3.67. The minimum Gasteiger partial charge on any atom is -0.310 e. The first-order valence-corrected chi connectivity index (χ1v) is 6.00. The van der Waals surface area contributed by atoms with Crippen LogP contribution in [-0.2, 0) is 0 Å².